The second kappa shape index (κ2) is 7.15. The molecule has 0 spiro atoms. The van der Waals surface area contributed by atoms with Crippen LogP contribution < -0.4 is 0 Å². The van der Waals surface area contributed by atoms with E-state index in [9.17, 15) is 9.59 Å². The Kier molecular flexibility index (Phi) is 4.70. The first-order valence-corrected chi connectivity index (χ1v) is 9.50. The molecule has 3 heterocycles. The molecule has 0 saturated carbocycles. The molecule has 1 amide bonds. The van der Waals surface area contributed by atoms with Crippen molar-refractivity contribution in [1.29, 1.82) is 0 Å². The van der Waals surface area contributed by atoms with Gasteiger partial charge in [-0.1, -0.05) is 22.0 Å². The van der Waals surface area contributed by atoms with Crippen molar-refractivity contribution in [2.24, 2.45) is 9.98 Å². The van der Waals surface area contributed by atoms with E-state index in [-0.39, 0.29) is 24.3 Å². The van der Waals surface area contributed by atoms with E-state index >= 15 is 0 Å². The van der Waals surface area contributed by atoms with Crippen LogP contribution >= 0.6 is 15.9 Å². The molecule has 1 saturated heterocycles. The highest BCUT2D eigenvalue weighted by atomic mass is 79.9. The average molecular weight is 425 g/mol. The second-order valence-corrected chi connectivity index (χ2v) is 7.48. The molecule has 0 aliphatic carbocycles. The Labute approximate surface area is 165 Å². The molecule has 1 fully saturated rings. The van der Waals surface area contributed by atoms with E-state index in [1.165, 1.54) is 11.8 Å². The highest BCUT2D eigenvalue weighted by Gasteiger charge is 2.35. The first-order valence-electron chi connectivity index (χ1n) is 8.70. The third kappa shape index (κ3) is 3.47. The van der Waals surface area contributed by atoms with Crippen molar-refractivity contribution >= 4 is 44.9 Å². The van der Waals surface area contributed by atoms with E-state index in [0.717, 1.165) is 21.4 Å². The smallest absolute Gasteiger partial charge is 0.228 e. The van der Waals surface area contributed by atoms with Crippen LogP contribution in [0.15, 0.2) is 57.1 Å². The Balaban J connectivity index is 1.91. The van der Waals surface area contributed by atoms with Crippen LogP contribution in [0.3, 0.4) is 0 Å². The van der Waals surface area contributed by atoms with Gasteiger partial charge in [-0.15, -0.1) is 0 Å². The number of hydrogen-bond donors (Lipinski definition) is 0. The van der Waals surface area contributed by atoms with Crippen molar-refractivity contribution in [3.8, 4) is 0 Å². The van der Waals surface area contributed by atoms with Crippen molar-refractivity contribution in [3.05, 3.63) is 58.3 Å². The van der Waals surface area contributed by atoms with Crippen molar-refractivity contribution in [3.63, 3.8) is 0 Å². The number of Topliss-reactive ketones (excluding diaryl/α,β-unsaturated/α-hetero) is 1. The van der Waals surface area contributed by atoms with Gasteiger partial charge >= 0.3 is 0 Å². The SMILES string of the molecule is CC(=O)CN1C(=O)CC[C@@H]2N=C(c3ccccn3)c3cc(Br)ccc3N=C21. The fourth-order valence-electron chi connectivity index (χ4n) is 3.33. The number of fused-ring (bicyclic) bond motifs is 2. The normalized spacial score (nSPS) is 18.8. The largest absolute Gasteiger partial charge is 0.298 e. The highest BCUT2D eigenvalue weighted by Crippen LogP contribution is 2.32. The van der Waals surface area contributed by atoms with Gasteiger partial charge < -0.3 is 0 Å². The number of amidine groups is 1. The van der Waals surface area contributed by atoms with E-state index in [4.69, 9.17) is 9.98 Å². The minimum atomic E-state index is -0.287. The fourth-order valence-corrected chi connectivity index (χ4v) is 3.69. The number of hydrogen-bond acceptors (Lipinski definition) is 5. The zero-order valence-corrected chi connectivity index (χ0v) is 16.3. The van der Waals surface area contributed by atoms with Gasteiger partial charge in [0, 0.05) is 22.7 Å². The molecule has 7 heteroatoms. The topological polar surface area (TPSA) is 75.0 Å². The molecular weight excluding hydrogens is 408 g/mol. The number of piperidine rings is 1. The number of halogens is 1. The maximum absolute atomic E-state index is 12.4. The summed E-state index contributed by atoms with van der Waals surface area (Å²) in [6, 6.07) is 11.2. The molecule has 2 aromatic rings. The fraction of sp³-hybridized carbons (Fsp3) is 0.250. The van der Waals surface area contributed by atoms with E-state index < -0.39 is 0 Å². The molecule has 0 unspecified atom stereocenters. The van der Waals surface area contributed by atoms with Gasteiger partial charge in [-0.2, -0.15) is 0 Å². The number of ketones is 1. The first-order chi connectivity index (χ1) is 13.0. The first kappa shape index (κ1) is 17.7. The van der Waals surface area contributed by atoms with Crippen LogP contribution in [-0.2, 0) is 9.59 Å². The van der Waals surface area contributed by atoms with Crippen LogP contribution in [0.2, 0.25) is 0 Å². The van der Waals surface area contributed by atoms with E-state index in [0.29, 0.717) is 24.4 Å². The lowest BCUT2D eigenvalue weighted by atomic mass is 10.0. The summed E-state index contributed by atoms with van der Waals surface area (Å²) in [7, 11) is 0. The number of carbonyl (C=O) groups excluding carboxylic acids is 2. The van der Waals surface area contributed by atoms with Crippen LogP contribution in [0.25, 0.3) is 0 Å². The molecule has 1 aromatic heterocycles. The molecule has 136 valence electrons. The zero-order chi connectivity index (χ0) is 19.0. The van der Waals surface area contributed by atoms with Gasteiger partial charge in [0.2, 0.25) is 5.91 Å². The predicted octanol–water partition coefficient (Wildman–Crippen LogP) is 3.31. The van der Waals surface area contributed by atoms with E-state index in [2.05, 4.69) is 20.9 Å². The molecule has 4 rings (SSSR count). The van der Waals surface area contributed by atoms with Gasteiger partial charge in [0.05, 0.1) is 23.6 Å². The monoisotopic (exact) mass is 424 g/mol. The van der Waals surface area contributed by atoms with Crippen LogP contribution in [-0.4, -0.2) is 45.7 Å². The lowest BCUT2D eigenvalue weighted by Crippen LogP contribution is -2.49. The maximum Gasteiger partial charge on any atom is 0.228 e. The Bertz CT molecular complexity index is 985. The number of amides is 1. The minimum absolute atomic E-state index is 0.0223. The van der Waals surface area contributed by atoms with Crippen LogP contribution in [0.1, 0.15) is 31.0 Å². The van der Waals surface area contributed by atoms with Crippen molar-refractivity contribution in [1.82, 2.24) is 9.88 Å². The zero-order valence-electron chi connectivity index (χ0n) is 14.7. The number of aromatic nitrogens is 1. The number of carbonyl (C=O) groups is 2. The van der Waals surface area contributed by atoms with Crippen molar-refractivity contribution in [2.75, 3.05) is 6.54 Å². The van der Waals surface area contributed by atoms with Crippen LogP contribution in [0.5, 0.6) is 0 Å². The molecule has 0 bridgehead atoms. The van der Waals surface area contributed by atoms with E-state index in [1.807, 2.05) is 36.4 Å². The Morgan fingerprint density at radius 1 is 1.30 bits per heavy atom. The summed E-state index contributed by atoms with van der Waals surface area (Å²) in [5, 5.41) is 0. The summed E-state index contributed by atoms with van der Waals surface area (Å²) in [5.41, 5.74) is 3.06. The Morgan fingerprint density at radius 2 is 2.15 bits per heavy atom. The molecule has 1 atom stereocenters. The standard InChI is InChI=1S/C20H17BrN4O2/c1-12(26)11-25-18(27)8-7-17-20(25)24-15-6-5-13(21)10-14(15)19(23-17)16-4-2-3-9-22-16/h2-6,9-10,17H,7-8,11H2,1H3/t17-/m0/s1. The summed E-state index contributed by atoms with van der Waals surface area (Å²) in [5.74, 6) is 0.368. The molecule has 1 aromatic carbocycles. The van der Waals surface area contributed by atoms with Gasteiger partial charge in [0.15, 0.2) is 0 Å². The van der Waals surface area contributed by atoms with Gasteiger partial charge in [-0.05, 0) is 43.7 Å². The third-order valence-corrected chi connectivity index (χ3v) is 5.02. The molecule has 6 nitrogen and oxygen atoms in total. The number of pyridine rings is 1. The van der Waals surface area contributed by atoms with Gasteiger partial charge in [-0.3, -0.25) is 24.5 Å². The summed E-state index contributed by atoms with van der Waals surface area (Å²) >= 11 is 3.51. The van der Waals surface area contributed by atoms with Crippen molar-refractivity contribution < 1.29 is 9.59 Å². The Hall–Kier alpha value is -2.67. The quantitative estimate of drug-likeness (QED) is 0.758. The predicted molar refractivity (Wildman–Crippen MR) is 107 cm³/mol. The lowest BCUT2D eigenvalue weighted by molar-refractivity contribution is -0.132. The molecule has 0 N–H and O–H groups in total. The minimum Gasteiger partial charge on any atom is -0.298 e. The number of likely N-dealkylation sites (tertiary alicyclic amines) is 1. The van der Waals surface area contributed by atoms with Crippen molar-refractivity contribution in [2.45, 2.75) is 25.8 Å². The average Bonchev–Trinajstić information content (AvgIpc) is 2.81. The summed E-state index contributed by atoms with van der Waals surface area (Å²) in [6.07, 6.45) is 2.64. The maximum atomic E-state index is 12.4. The summed E-state index contributed by atoms with van der Waals surface area (Å²) < 4.78 is 0.909. The molecule has 0 radical (unpaired) electrons. The van der Waals surface area contributed by atoms with Crippen LogP contribution in [0, 0.1) is 0 Å². The molecule has 2 aliphatic rings. The third-order valence-electron chi connectivity index (χ3n) is 4.53. The number of benzene rings is 1. The number of aliphatic imine (C=N–C) groups is 2. The summed E-state index contributed by atoms with van der Waals surface area (Å²) in [4.78, 5) is 39.8. The number of rotatable bonds is 3. The van der Waals surface area contributed by atoms with Gasteiger partial charge in [-0.25, -0.2) is 4.99 Å². The number of nitrogens with zero attached hydrogens (tertiary/aromatic N) is 4. The van der Waals surface area contributed by atoms with E-state index in [1.54, 1.807) is 6.20 Å². The highest BCUT2D eigenvalue weighted by molar-refractivity contribution is 9.10. The Morgan fingerprint density at radius 3 is 2.89 bits per heavy atom. The molecule has 27 heavy (non-hydrogen) atoms. The van der Waals surface area contributed by atoms with Gasteiger partial charge in [0.25, 0.3) is 0 Å². The van der Waals surface area contributed by atoms with Gasteiger partial charge in [0.1, 0.15) is 17.7 Å². The summed E-state index contributed by atoms with van der Waals surface area (Å²) in [6.45, 7) is 1.50. The second-order valence-electron chi connectivity index (χ2n) is 6.56. The molecular formula is C20H17BrN4O2. The molecule has 2 aliphatic heterocycles. The lowest BCUT2D eigenvalue weighted by Gasteiger charge is -2.31. The van der Waals surface area contributed by atoms with Crippen LogP contribution in [0.4, 0.5) is 5.69 Å².